The molecule has 1 rings (SSSR count). The van der Waals surface area contributed by atoms with Crippen molar-refractivity contribution in [1.29, 1.82) is 0 Å². The van der Waals surface area contributed by atoms with E-state index >= 15 is 0 Å². The van der Waals surface area contributed by atoms with Crippen molar-refractivity contribution in [3.63, 3.8) is 0 Å². The largest absolute Gasteiger partial charge is 0.205 e. The van der Waals surface area contributed by atoms with E-state index < -0.39 is 5.82 Å². The van der Waals surface area contributed by atoms with Crippen molar-refractivity contribution in [1.82, 2.24) is 0 Å². The molecule has 0 aliphatic carbocycles. The Hall–Kier alpha value is -0.270. The van der Waals surface area contributed by atoms with E-state index in [2.05, 4.69) is 6.07 Å². The van der Waals surface area contributed by atoms with Crippen molar-refractivity contribution >= 4 is 23.2 Å². The standard InChI is InChI=1S/C6H2Cl2F/c7-4-2-1-3-5(9)6(4)8/h1,3H. The van der Waals surface area contributed by atoms with E-state index in [9.17, 15) is 4.39 Å². The average molecular weight is 164 g/mol. The van der Waals surface area contributed by atoms with Gasteiger partial charge in [-0.25, -0.2) is 4.39 Å². The zero-order chi connectivity index (χ0) is 6.85. The Bertz CT molecular complexity index is 202. The van der Waals surface area contributed by atoms with Crippen molar-refractivity contribution in [2.24, 2.45) is 0 Å². The molecule has 0 atom stereocenters. The molecule has 0 N–H and O–H groups in total. The molecule has 9 heavy (non-hydrogen) atoms. The summed E-state index contributed by atoms with van der Waals surface area (Å²) in [4.78, 5) is 0. The first kappa shape index (κ1) is 6.84. The van der Waals surface area contributed by atoms with Gasteiger partial charge in [0, 0.05) is 6.07 Å². The molecule has 0 nitrogen and oxygen atoms in total. The van der Waals surface area contributed by atoms with Crippen molar-refractivity contribution in [2.45, 2.75) is 0 Å². The lowest BCUT2D eigenvalue weighted by atomic mass is 10.3. The molecule has 1 aromatic rings. The summed E-state index contributed by atoms with van der Waals surface area (Å²) < 4.78 is 12.3. The van der Waals surface area contributed by atoms with Crippen LogP contribution in [-0.2, 0) is 0 Å². The number of rotatable bonds is 0. The first-order valence-corrected chi connectivity index (χ1v) is 2.98. The third-order valence-electron chi connectivity index (χ3n) is 0.842. The minimum atomic E-state index is -0.514. The lowest BCUT2D eigenvalue weighted by molar-refractivity contribution is 0.628. The quantitative estimate of drug-likeness (QED) is 0.517. The second-order valence-corrected chi connectivity index (χ2v) is 2.21. The zero-order valence-electron chi connectivity index (χ0n) is 4.29. The molecule has 1 radical (unpaired) electrons. The number of halogens is 3. The monoisotopic (exact) mass is 163 g/mol. The van der Waals surface area contributed by atoms with Crippen molar-refractivity contribution < 1.29 is 4.39 Å². The molecule has 0 aromatic heterocycles. The smallest absolute Gasteiger partial charge is 0.143 e. The normalized spacial score (nSPS) is 9.67. The fourth-order valence-corrected chi connectivity index (χ4v) is 0.700. The highest BCUT2D eigenvalue weighted by atomic mass is 35.5. The molecule has 0 saturated heterocycles. The fraction of sp³-hybridized carbons (Fsp3) is 0. The summed E-state index contributed by atoms with van der Waals surface area (Å²) in [5, 5.41) is 0.0517. The van der Waals surface area contributed by atoms with E-state index in [0.29, 0.717) is 0 Å². The Morgan fingerprint density at radius 3 is 2.56 bits per heavy atom. The lowest BCUT2D eigenvalue weighted by Gasteiger charge is -1.92. The van der Waals surface area contributed by atoms with E-state index in [0.717, 1.165) is 0 Å². The summed E-state index contributed by atoms with van der Waals surface area (Å²) in [7, 11) is 0. The molecule has 0 bridgehead atoms. The van der Waals surface area contributed by atoms with Crippen molar-refractivity contribution in [2.75, 3.05) is 0 Å². The summed E-state index contributed by atoms with van der Waals surface area (Å²) in [6.45, 7) is 0. The van der Waals surface area contributed by atoms with E-state index in [-0.39, 0.29) is 10.0 Å². The van der Waals surface area contributed by atoms with Crippen LogP contribution < -0.4 is 0 Å². The number of hydrogen-bond donors (Lipinski definition) is 0. The number of hydrogen-bond acceptors (Lipinski definition) is 0. The Morgan fingerprint density at radius 2 is 2.11 bits per heavy atom. The first-order valence-electron chi connectivity index (χ1n) is 2.23. The molecule has 47 valence electrons. The molecule has 0 heterocycles. The maximum atomic E-state index is 12.3. The van der Waals surface area contributed by atoms with Gasteiger partial charge < -0.3 is 0 Å². The molecule has 1 aromatic carbocycles. The fourth-order valence-electron chi connectivity index (χ4n) is 0.429. The van der Waals surface area contributed by atoms with Gasteiger partial charge in [-0.1, -0.05) is 23.2 Å². The van der Waals surface area contributed by atoms with Crippen LogP contribution in [0.3, 0.4) is 0 Å². The van der Waals surface area contributed by atoms with Crippen molar-refractivity contribution in [3.8, 4) is 0 Å². The first-order chi connectivity index (χ1) is 4.22. The van der Waals surface area contributed by atoms with Crippen LogP contribution >= 0.6 is 23.2 Å². The molecule has 0 spiro atoms. The van der Waals surface area contributed by atoms with E-state index in [4.69, 9.17) is 23.2 Å². The van der Waals surface area contributed by atoms with E-state index in [1.54, 1.807) is 0 Å². The topological polar surface area (TPSA) is 0 Å². The van der Waals surface area contributed by atoms with Gasteiger partial charge >= 0.3 is 0 Å². The van der Waals surface area contributed by atoms with Crippen LogP contribution in [0.5, 0.6) is 0 Å². The highest BCUT2D eigenvalue weighted by Gasteiger charge is 2.00. The Morgan fingerprint density at radius 1 is 1.44 bits per heavy atom. The lowest BCUT2D eigenvalue weighted by Crippen LogP contribution is -1.75. The van der Waals surface area contributed by atoms with Crippen LogP contribution in [0.15, 0.2) is 12.1 Å². The van der Waals surface area contributed by atoms with E-state index in [1.807, 2.05) is 0 Å². The highest BCUT2D eigenvalue weighted by molar-refractivity contribution is 6.41. The maximum absolute atomic E-state index is 12.3. The molecular formula is C6H2Cl2F. The molecular weight excluding hydrogens is 162 g/mol. The molecule has 0 saturated carbocycles. The predicted molar refractivity (Wildman–Crippen MR) is 35.3 cm³/mol. The van der Waals surface area contributed by atoms with Crippen LogP contribution in [0, 0.1) is 11.9 Å². The third-order valence-corrected chi connectivity index (χ3v) is 1.61. The predicted octanol–water partition coefficient (Wildman–Crippen LogP) is 2.93. The van der Waals surface area contributed by atoms with Gasteiger partial charge in [-0.2, -0.15) is 0 Å². The van der Waals surface area contributed by atoms with Crippen LogP contribution in [0.2, 0.25) is 10.0 Å². The van der Waals surface area contributed by atoms with Gasteiger partial charge in [0.25, 0.3) is 0 Å². The van der Waals surface area contributed by atoms with Crippen molar-refractivity contribution in [3.05, 3.63) is 34.1 Å². The van der Waals surface area contributed by atoms with Gasteiger partial charge in [0.15, 0.2) is 0 Å². The van der Waals surface area contributed by atoms with Gasteiger partial charge in [-0.05, 0) is 12.1 Å². The summed E-state index contributed by atoms with van der Waals surface area (Å²) in [6.07, 6.45) is 0. The van der Waals surface area contributed by atoms with E-state index in [1.165, 1.54) is 12.1 Å². The van der Waals surface area contributed by atoms with Gasteiger partial charge in [0.05, 0.1) is 10.0 Å². The minimum absolute atomic E-state index is 0.0702. The van der Waals surface area contributed by atoms with Crippen LogP contribution in [0.25, 0.3) is 0 Å². The molecule has 0 unspecified atom stereocenters. The maximum Gasteiger partial charge on any atom is 0.143 e. The minimum Gasteiger partial charge on any atom is -0.205 e. The summed E-state index contributed by atoms with van der Waals surface area (Å²) in [6, 6.07) is 5.11. The molecule has 0 aliphatic heterocycles. The van der Waals surface area contributed by atoms with Crippen LogP contribution in [0.1, 0.15) is 0 Å². The molecule has 0 aliphatic rings. The average Bonchev–Trinajstić information content (AvgIpc) is 1.83. The summed E-state index contributed by atoms with van der Waals surface area (Å²) >= 11 is 10.7. The summed E-state index contributed by atoms with van der Waals surface area (Å²) in [5.74, 6) is -0.514. The second-order valence-electron chi connectivity index (χ2n) is 1.45. The van der Waals surface area contributed by atoms with Gasteiger partial charge in [-0.15, -0.1) is 0 Å². The summed E-state index contributed by atoms with van der Waals surface area (Å²) in [5.41, 5.74) is 0. The third kappa shape index (κ3) is 1.35. The molecule has 0 fully saturated rings. The van der Waals surface area contributed by atoms with Gasteiger partial charge in [-0.3, -0.25) is 0 Å². The molecule has 0 amide bonds. The zero-order valence-corrected chi connectivity index (χ0v) is 5.80. The highest BCUT2D eigenvalue weighted by Crippen LogP contribution is 2.22. The SMILES string of the molecule is Fc1cc[c]c(Cl)c1Cl. The number of benzene rings is 1. The van der Waals surface area contributed by atoms with Gasteiger partial charge in [0.2, 0.25) is 0 Å². The second kappa shape index (κ2) is 2.54. The Kier molecular flexibility index (Phi) is 1.94. The van der Waals surface area contributed by atoms with Crippen LogP contribution in [-0.4, -0.2) is 0 Å². The Balaban J connectivity index is 3.25. The van der Waals surface area contributed by atoms with Crippen LogP contribution in [0.4, 0.5) is 4.39 Å². The molecule has 3 heteroatoms. The van der Waals surface area contributed by atoms with Gasteiger partial charge in [0.1, 0.15) is 5.82 Å². The Labute approximate surface area is 62.2 Å².